The van der Waals surface area contributed by atoms with Crippen LogP contribution >= 0.6 is 0 Å². The zero-order valence-electron chi connectivity index (χ0n) is 12.7. The fraction of sp³-hybridized carbons (Fsp3) is 0.375. The van der Waals surface area contributed by atoms with Gasteiger partial charge in [0.2, 0.25) is 5.95 Å². The van der Waals surface area contributed by atoms with E-state index in [0.717, 1.165) is 36.5 Å². The number of nitrogens with zero attached hydrogens (tertiary/aromatic N) is 3. The van der Waals surface area contributed by atoms with Crippen molar-refractivity contribution in [3.63, 3.8) is 0 Å². The summed E-state index contributed by atoms with van der Waals surface area (Å²) in [5.74, 6) is 0.300. The van der Waals surface area contributed by atoms with Gasteiger partial charge in [0.1, 0.15) is 5.82 Å². The first-order valence-electron chi connectivity index (χ1n) is 7.14. The molecule has 0 aliphatic rings. The SMILES string of the molecule is CCCNCc1cnc(N(C)c2cccc(F)c2)nc1C. The molecule has 0 spiro atoms. The van der Waals surface area contributed by atoms with Gasteiger partial charge in [-0.05, 0) is 38.1 Å². The fourth-order valence-electron chi connectivity index (χ4n) is 2.01. The summed E-state index contributed by atoms with van der Waals surface area (Å²) >= 11 is 0. The Morgan fingerprint density at radius 1 is 1.33 bits per heavy atom. The van der Waals surface area contributed by atoms with Crippen molar-refractivity contribution >= 4 is 11.6 Å². The van der Waals surface area contributed by atoms with Crippen LogP contribution in [0.3, 0.4) is 0 Å². The summed E-state index contributed by atoms with van der Waals surface area (Å²) in [6, 6.07) is 6.40. The van der Waals surface area contributed by atoms with E-state index in [-0.39, 0.29) is 5.82 Å². The van der Waals surface area contributed by atoms with Crippen LogP contribution in [-0.4, -0.2) is 23.6 Å². The van der Waals surface area contributed by atoms with Crippen LogP contribution in [0.15, 0.2) is 30.5 Å². The average molecular weight is 288 g/mol. The molecule has 1 N–H and O–H groups in total. The number of nitrogens with one attached hydrogen (secondary N) is 1. The molecule has 0 aliphatic carbocycles. The van der Waals surface area contributed by atoms with E-state index >= 15 is 0 Å². The third-order valence-electron chi connectivity index (χ3n) is 3.31. The van der Waals surface area contributed by atoms with Gasteiger partial charge in [0.15, 0.2) is 0 Å². The minimum atomic E-state index is -0.267. The quantitative estimate of drug-likeness (QED) is 0.829. The Labute approximate surface area is 125 Å². The fourth-order valence-corrected chi connectivity index (χ4v) is 2.01. The number of hydrogen-bond donors (Lipinski definition) is 1. The maximum Gasteiger partial charge on any atom is 0.229 e. The van der Waals surface area contributed by atoms with Gasteiger partial charge in [-0.15, -0.1) is 0 Å². The highest BCUT2D eigenvalue weighted by Crippen LogP contribution is 2.21. The van der Waals surface area contributed by atoms with E-state index in [4.69, 9.17) is 0 Å². The topological polar surface area (TPSA) is 41.1 Å². The van der Waals surface area contributed by atoms with Crippen molar-refractivity contribution in [2.24, 2.45) is 0 Å². The molecule has 1 aromatic heterocycles. The number of hydrogen-bond acceptors (Lipinski definition) is 4. The molecule has 2 rings (SSSR count). The number of rotatable bonds is 6. The van der Waals surface area contributed by atoms with Gasteiger partial charge in [0, 0.05) is 36.7 Å². The van der Waals surface area contributed by atoms with Crippen LogP contribution in [0.1, 0.15) is 24.6 Å². The molecular weight excluding hydrogens is 267 g/mol. The summed E-state index contributed by atoms with van der Waals surface area (Å²) in [6.45, 7) is 5.84. The molecule has 0 unspecified atom stereocenters. The Bertz CT molecular complexity index is 601. The summed E-state index contributed by atoms with van der Waals surface area (Å²) in [5.41, 5.74) is 2.75. The molecule has 21 heavy (non-hydrogen) atoms. The zero-order valence-corrected chi connectivity index (χ0v) is 12.7. The first-order valence-corrected chi connectivity index (χ1v) is 7.14. The molecule has 112 valence electrons. The van der Waals surface area contributed by atoms with Crippen molar-refractivity contribution < 1.29 is 4.39 Å². The van der Waals surface area contributed by atoms with Crippen LogP contribution in [0.5, 0.6) is 0 Å². The van der Waals surface area contributed by atoms with Gasteiger partial charge in [0.05, 0.1) is 0 Å². The summed E-state index contributed by atoms with van der Waals surface area (Å²) in [5, 5.41) is 3.34. The predicted octanol–water partition coefficient (Wildman–Crippen LogP) is 3.19. The Hall–Kier alpha value is -2.01. The molecule has 0 atom stereocenters. The van der Waals surface area contributed by atoms with Gasteiger partial charge in [-0.2, -0.15) is 0 Å². The molecule has 0 fully saturated rings. The van der Waals surface area contributed by atoms with Gasteiger partial charge in [0.25, 0.3) is 0 Å². The molecular formula is C16H21FN4. The lowest BCUT2D eigenvalue weighted by Crippen LogP contribution is -2.18. The van der Waals surface area contributed by atoms with Crippen molar-refractivity contribution in [1.82, 2.24) is 15.3 Å². The Kier molecular flexibility index (Phi) is 5.22. The Morgan fingerprint density at radius 3 is 2.81 bits per heavy atom. The zero-order chi connectivity index (χ0) is 15.2. The van der Waals surface area contributed by atoms with E-state index in [2.05, 4.69) is 22.2 Å². The largest absolute Gasteiger partial charge is 0.314 e. The molecule has 4 nitrogen and oxygen atoms in total. The molecule has 0 saturated carbocycles. The number of aryl methyl sites for hydroxylation is 1. The second kappa shape index (κ2) is 7.13. The van der Waals surface area contributed by atoms with Crippen molar-refractivity contribution in [1.29, 1.82) is 0 Å². The third-order valence-corrected chi connectivity index (χ3v) is 3.31. The van der Waals surface area contributed by atoms with Crippen LogP contribution < -0.4 is 10.2 Å². The monoisotopic (exact) mass is 288 g/mol. The van der Waals surface area contributed by atoms with E-state index < -0.39 is 0 Å². The van der Waals surface area contributed by atoms with Crippen molar-refractivity contribution in [2.45, 2.75) is 26.8 Å². The van der Waals surface area contributed by atoms with Gasteiger partial charge in [-0.1, -0.05) is 13.0 Å². The second-order valence-corrected chi connectivity index (χ2v) is 5.00. The average Bonchev–Trinajstić information content (AvgIpc) is 2.48. The summed E-state index contributed by atoms with van der Waals surface area (Å²) in [6.07, 6.45) is 2.93. The van der Waals surface area contributed by atoms with Crippen LogP contribution in [-0.2, 0) is 6.54 Å². The van der Waals surface area contributed by atoms with E-state index in [1.54, 1.807) is 11.0 Å². The predicted molar refractivity (Wildman–Crippen MR) is 83.2 cm³/mol. The second-order valence-electron chi connectivity index (χ2n) is 5.00. The highest BCUT2D eigenvalue weighted by atomic mass is 19.1. The summed E-state index contributed by atoms with van der Waals surface area (Å²) in [4.78, 5) is 10.7. The van der Waals surface area contributed by atoms with Crippen LogP contribution in [0.4, 0.5) is 16.0 Å². The molecule has 0 aliphatic heterocycles. The van der Waals surface area contributed by atoms with Gasteiger partial charge in [-0.3, -0.25) is 0 Å². The van der Waals surface area contributed by atoms with Gasteiger partial charge in [-0.25, -0.2) is 14.4 Å². The van der Waals surface area contributed by atoms with Crippen molar-refractivity contribution in [3.8, 4) is 0 Å². The van der Waals surface area contributed by atoms with Crippen molar-refractivity contribution in [3.05, 3.63) is 47.5 Å². The molecule has 0 radical (unpaired) electrons. The maximum atomic E-state index is 13.3. The lowest BCUT2D eigenvalue weighted by molar-refractivity contribution is 0.628. The highest BCUT2D eigenvalue weighted by Gasteiger charge is 2.10. The van der Waals surface area contributed by atoms with E-state index in [9.17, 15) is 4.39 Å². The molecule has 1 heterocycles. The van der Waals surface area contributed by atoms with Gasteiger partial charge < -0.3 is 10.2 Å². The van der Waals surface area contributed by atoms with E-state index in [1.807, 2.05) is 26.2 Å². The van der Waals surface area contributed by atoms with Crippen molar-refractivity contribution in [2.75, 3.05) is 18.5 Å². The molecule has 0 saturated heterocycles. The number of halogens is 1. The van der Waals surface area contributed by atoms with E-state index in [1.165, 1.54) is 12.1 Å². The Morgan fingerprint density at radius 2 is 2.14 bits per heavy atom. The van der Waals surface area contributed by atoms with Crippen LogP contribution in [0.2, 0.25) is 0 Å². The maximum absolute atomic E-state index is 13.3. The first kappa shape index (κ1) is 15.4. The molecule has 2 aromatic rings. The number of aromatic nitrogens is 2. The summed E-state index contributed by atoms with van der Waals surface area (Å²) < 4.78 is 13.3. The van der Waals surface area contributed by atoms with Crippen LogP contribution in [0, 0.1) is 12.7 Å². The lowest BCUT2D eigenvalue weighted by Gasteiger charge is -2.18. The molecule has 0 amide bonds. The first-order chi connectivity index (χ1) is 10.1. The van der Waals surface area contributed by atoms with Gasteiger partial charge >= 0.3 is 0 Å². The normalized spacial score (nSPS) is 10.7. The third kappa shape index (κ3) is 3.98. The van der Waals surface area contributed by atoms with Crippen LogP contribution in [0.25, 0.3) is 0 Å². The molecule has 1 aromatic carbocycles. The lowest BCUT2D eigenvalue weighted by atomic mass is 10.2. The standard InChI is InChI=1S/C16H21FN4/c1-4-8-18-10-13-11-19-16(20-12(13)2)21(3)15-7-5-6-14(17)9-15/h5-7,9,11,18H,4,8,10H2,1-3H3. The minimum absolute atomic E-state index is 0.267. The number of benzene rings is 1. The highest BCUT2D eigenvalue weighted by molar-refractivity contribution is 5.56. The Balaban J connectivity index is 2.15. The minimum Gasteiger partial charge on any atom is -0.314 e. The smallest absolute Gasteiger partial charge is 0.229 e. The number of anilines is 2. The molecule has 0 bridgehead atoms. The summed E-state index contributed by atoms with van der Waals surface area (Å²) in [7, 11) is 1.83. The molecule has 5 heteroatoms. The van der Waals surface area contributed by atoms with E-state index in [0.29, 0.717) is 5.95 Å².